The summed E-state index contributed by atoms with van der Waals surface area (Å²) in [6.45, 7) is 2.07. The molecule has 1 heterocycles. The Balaban J connectivity index is 1.72. The molecule has 128 valence electrons. The van der Waals surface area contributed by atoms with Gasteiger partial charge in [0, 0.05) is 21.4 Å². The van der Waals surface area contributed by atoms with Crippen molar-refractivity contribution in [1.29, 1.82) is 0 Å². The minimum Gasteiger partial charge on any atom is -0.298 e. The standard InChI is InChI=1S/C18H14F2N2OS2/c1-2-24-13-6-3-11(4-7-13)17(23)22-18-21-16(10-25-18)12-5-8-14(19)15(20)9-12/h3-10H,2H2,1H3,(H,21,22,23). The molecule has 3 rings (SSSR count). The second-order valence-corrected chi connectivity index (χ2v) is 7.27. The molecule has 0 bridgehead atoms. The number of amides is 1. The van der Waals surface area contributed by atoms with Crippen LogP contribution in [-0.4, -0.2) is 16.6 Å². The Labute approximate surface area is 152 Å². The summed E-state index contributed by atoms with van der Waals surface area (Å²) in [6.07, 6.45) is 0. The molecule has 1 amide bonds. The summed E-state index contributed by atoms with van der Waals surface area (Å²) in [6, 6.07) is 10.9. The lowest BCUT2D eigenvalue weighted by atomic mass is 10.2. The van der Waals surface area contributed by atoms with Gasteiger partial charge < -0.3 is 0 Å². The van der Waals surface area contributed by atoms with E-state index in [2.05, 4.69) is 17.2 Å². The summed E-state index contributed by atoms with van der Waals surface area (Å²) in [4.78, 5) is 17.6. The van der Waals surface area contributed by atoms with Gasteiger partial charge in [-0.1, -0.05) is 6.92 Å². The number of carbonyl (C=O) groups is 1. The van der Waals surface area contributed by atoms with Crippen molar-refractivity contribution in [3.8, 4) is 11.3 Å². The molecule has 0 fully saturated rings. The van der Waals surface area contributed by atoms with Gasteiger partial charge >= 0.3 is 0 Å². The smallest absolute Gasteiger partial charge is 0.257 e. The molecule has 1 aromatic heterocycles. The summed E-state index contributed by atoms with van der Waals surface area (Å²) in [5.74, 6) is -1.13. The Morgan fingerprint density at radius 2 is 1.92 bits per heavy atom. The van der Waals surface area contributed by atoms with Crippen molar-refractivity contribution in [3.05, 3.63) is 65.0 Å². The molecule has 0 aliphatic rings. The SMILES string of the molecule is CCSc1ccc(C(=O)Nc2nc(-c3ccc(F)c(F)c3)cs2)cc1. The zero-order valence-corrected chi connectivity index (χ0v) is 14.9. The van der Waals surface area contributed by atoms with Crippen LogP contribution in [0.4, 0.5) is 13.9 Å². The Bertz CT molecular complexity index is 894. The highest BCUT2D eigenvalue weighted by Crippen LogP contribution is 2.26. The van der Waals surface area contributed by atoms with Crippen molar-refractivity contribution in [3.63, 3.8) is 0 Å². The Hall–Kier alpha value is -2.25. The first-order valence-electron chi connectivity index (χ1n) is 7.52. The van der Waals surface area contributed by atoms with Gasteiger partial charge in [0.2, 0.25) is 0 Å². The first-order valence-corrected chi connectivity index (χ1v) is 9.38. The van der Waals surface area contributed by atoms with E-state index in [1.165, 1.54) is 17.4 Å². The van der Waals surface area contributed by atoms with E-state index in [9.17, 15) is 13.6 Å². The van der Waals surface area contributed by atoms with Gasteiger partial charge in [0.25, 0.3) is 5.91 Å². The Morgan fingerprint density at radius 3 is 2.60 bits per heavy atom. The summed E-state index contributed by atoms with van der Waals surface area (Å²) in [7, 11) is 0. The molecule has 7 heteroatoms. The van der Waals surface area contributed by atoms with Crippen LogP contribution in [0.1, 0.15) is 17.3 Å². The summed E-state index contributed by atoms with van der Waals surface area (Å²) >= 11 is 2.93. The number of rotatable bonds is 5. The number of anilines is 1. The number of aromatic nitrogens is 1. The van der Waals surface area contributed by atoms with Crippen LogP contribution < -0.4 is 5.32 Å². The third-order valence-electron chi connectivity index (χ3n) is 3.37. The molecule has 3 nitrogen and oxygen atoms in total. The van der Waals surface area contributed by atoms with E-state index in [1.807, 2.05) is 12.1 Å². The van der Waals surface area contributed by atoms with E-state index in [-0.39, 0.29) is 5.91 Å². The quantitative estimate of drug-likeness (QED) is 0.602. The molecule has 0 aliphatic heterocycles. The van der Waals surface area contributed by atoms with E-state index in [4.69, 9.17) is 0 Å². The van der Waals surface area contributed by atoms with Gasteiger partial charge in [0.1, 0.15) is 0 Å². The third kappa shape index (κ3) is 4.24. The molecule has 3 aromatic rings. The maximum absolute atomic E-state index is 13.3. The number of hydrogen-bond donors (Lipinski definition) is 1. The predicted molar refractivity (Wildman–Crippen MR) is 98.3 cm³/mol. The van der Waals surface area contributed by atoms with Crippen molar-refractivity contribution in [2.24, 2.45) is 0 Å². The normalized spacial score (nSPS) is 10.7. The van der Waals surface area contributed by atoms with Crippen LogP contribution in [-0.2, 0) is 0 Å². The fourth-order valence-corrected chi connectivity index (χ4v) is 3.53. The van der Waals surface area contributed by atoms with Crippen LogP contribution >= 0.6 is 23.1 Å². The molecule has 0 unspecified atom stereocenters. The number of thioether (sulfide) groups is 1. The molecule has 0 saturated heterocycles. The molecule has 1 N–H and O–H groups in total. The molecule has 0 radical (unpaired) electrons. The van der Waals surface area contributed by atoms with E-state index in [0.717, 1.165) is 22.8 Å². The Kier molecular flexibility index (Phi) is 5.45. The fourth-order valence-electron chi connectivity index (χ4n) is 2.16. The van der Waals surface area contributed by atoms with Crippen molar-refractivity contribution >= 4 is 34.1 Å². The predicted octanol–water partition coefficient (Wildman–Crippen LogP) is 5.45. The van der Waals surface area contributed by atoms with Crippen molar-refractivity contribution < 1.29 is 13.6 Å². The van der Waals surface area contributed by atoms with Crippen LogP contribution in [0.5, 0.6) is 0 Å². The summed E-state index contributed by atoms with van der Waals surface area (Å²) in [5.41, 5.74) is 1.47. The average molecular weight is 376 g/mol. The second-order valence-electron chi connectivity index (χ2n) is 5.08. The molecular weight excluding hydrogens is 362 g/mol. The van der Waals surface area contributed by atoms with Crippen molar-refractivity contribution in [1.82, 2.24) is 4.98 Å². The van der Waals surface area contributed by atoms with Crippen molar-refractivity contribution in [2.75, 3.05) is 11.1 Å². The van der Waals surface area contributed by atoms with Gasteiger partial charge in [0.15, 0.2) is 16.8 Å². The molecular formula is C18H14F2N2OS2. The van der Waals surface area contributed by atoms with Gasteiger partial charge in [-0.05, 0) is 48.2 Å². The number of hydrogen-bond acceptors (Lipinski definition) is 4. The monoisotopic (exact) mass is 376 g/mol. The number of nitrogens with zero attached hydrogens (tertiary/aromatic N) is 1. The molecule has 2 aromatic carbocycles. The van der Waals surface area contributed by atoms with Gasteiger partial charge in [-0.3, -0.25) is 10.1 Å². The van der Waals surface area contributed by atoms with Crippen molar-refractivity contribution in [2.45, 2.75) is 11.8 Å². The highest BCUT2D eigenvalue weighted by atomic mass is 32.2. The van der Waals surface area contributed by atoms with Crippen LogP contribution in [0.3, 0.4) is 0 Å². The molecule has 0 aliphatic carbocycles. The average Bonchev–Trinajstić information content (AvgIpc) is 3.07. The lowest BCUT2D eigenvalue weighted by molar-refractivity contribution is 0.102. The number of carbonyl (C=O) groups excluding carboxylic acids is 1. The molecule has 0 atom stereocenters. The number of nitrogens with one attached hydrogen (secondary N) is 1. The summed E-state index contributed by atoms with van der Waals surface area (Å²) in [5, 5.41) is 4.80. The van der Waals surface area contributed by atoms with Gasteiger partial charge in [0.05, 0.1) is 5.69 Å². The van der Waals surface area contributed by atoms with Gasteiger partial charge in [-0.15, -0.1) is 23.1 Å². The van der Waals surface area contributed by atoms with Gasteiger partial charge in [-0.2, -0.15) is 0 Å². The second kappa shape index (κ2) is 7.76. The van der Waals surface area contributed by atoms with E-state index >= 15 is 0 Å². The lowest BCUT2D eigenvalue weighted by Crippen LogP contribution is -2.11. The molecule has 0 spiro atoms. The van der Waals surface area contributed by atoms with E-state index in [0.29, 0.717) is 22.0 Å². The third-order valence-corrected chi connectivity index (χ3v) is 5.02. The number of thiazole rings is 1. The maximum Gasteiger partial charge on any atom is 0.257 e. The first-order chi connectivity index (χ1) is 12.1. The topological polar surface area (TPSA) is 42.0 Å². The van der Waals surface area contributed by atoms with Crippen LogP contribution in [0.2, 0.25) is 0 Å². The number of benzene rings is 2. The highest BCUT2D eigenvalue weighted by Gasteiger charge is 2.11. The van der Waals surface area contributed by atoms with Crippen LogP contribution in [0.25, 0.3) is 11.3 Å². The highest BCUT2D eigenvalue weighted by molar-refractivity contribution is 7.99. The van der Waals surface area contributed by atoms with E-state index < -0.39 is 11.6 Å². The zero-order valence-electron chi connectivity index (χ0n) is 13.3. The molecule has 0 saturated carbocycles. The minimum atomic E-state index is -0.930. The van der Waals surface area contributed by atoms with Gasteiger partial charge in [-0.25, -0.2) is 13.8 Å². The fraction of sp³-hybridized carbons (Fsp3) is 0.111. The van der Waals surface area contributed by atoms with Crippen LogP contribution in [0.15, 0.2) is 52.7 Å². The maximum atomic E-state index is 13.3. The first kappa shape index (κ1) is 17.6. The minimum absolute atomic E-state index is 0.265. The van der Waals surface area contributed by atoms with E-state index in [1.54, 1.807) is 29.3 Å². The summed E-state index contributed by atoms with van der Waals surface area (Å²) < 4.78 is 26.3. The largest absolute Gasteiger partial charge is 0.298 e. The Morgan fingerprint density at radius 1 is 1.16 bits per heavy atom. The lowest BCUT2D eigenvalue weighted by Gasteiger charge is -2.03. The zero-order chi connectivity index (χ0) is 17.8. The molecule has 25 heavy (non-hydrogen) atoms. The van der Waals surface area contributed by atoms with Crippen LogP contribution in [0, 0.1) is 11.6 Å². The number of halogens is 2.